The van der Waals surface area contributed by atoms with Crippen LogP contribution in [0, 0.1) is 0 Å². The van der Waals surface area contributed by atoms with E-state index < -0.39 is 5.69 Å². The number of hydrogen-bond donors (Lipinski definition) is 2. The van der Waals surface area contributed by atoms with Crippen molar-refractivity contribution in [2.24, 2.45) is 0 Å². The van der Waals surface area contributed by atoms with E-state index in [4.69, 9.17) is 0 Å². The summed E-state index contributed by atoms with van der Waals surface area (Å²) in [5.41, 5.74) is 2.01. The minimum absolute atomic E-state index is 0.0361. The molecule has 0 spiro atoms. The van der Waals surface area contributed by atoms with Gasteiger partial charge in [0.05, 0.1) is 0 Å². The smallest absolute Gasteiger partial charge is 0.309 e. The predicted molar refractivity (Wildman–Crippen MR) is 76.7 cm³/mol. The van der Waals surface area contributed by atoms with Crippen LogP contribution in [0.5, 0.6) is 0 Å². The quantitative estimate of drug-likeness (QED) is 0.862. The van der Waals surface area contributed by atoms with Crippen LogP contribution in [0.3, 0.4) is 0 Å². The number of rotatable bonds is 2. The predicted octanol–water partition coefficient (Wildman–Crippen LogP) is 1.18. The standard InChI is InChI=1S/C15H17N3O2/c1-10-13-12(14(19)17-15(20)16-13)7-8-18(10)9-11-5-3-2-4-6-11/h2-6,10H,7-9H2,1H3,(H2,16,17,19,20). The van der Waals surface area contributed by atoms with Gasteiger partial charge in [0.15, 0.2) is 0 Å². The Bertz CT molecular complexity index is 718. The number of hydrogen-bond acceptors (Lipinski definition) is 3. The van der Waals surface area contributed by atoms with Crippen LogP contribution >= 0.6 is 0 Å². The normalized spacial score (nSPS) is 18.8. The second kappa shape index (κ2) is 5.09. The van der Waals surface area contributed by atoms with Gasteiger partial charge in [0.1, 0.15) is 0 Å². The van der Waals surface area contributed by atoms with E-state index in [0.29, 0.717) is 12.0 Å². The Balaban J connectivity index is 1.91. The molecular weight excluding hydrogens is 254 g/mol. The van der Waals surface area contributed by atoms with Gasteiger partial charge in [-0.2, -0.15) is 0 Å². The van der Waals surface area contributed by atoms with Gasteiger partial charge in [0, 0.05) is 30.4 Å². The molecular formula is C15H17N3O2. The maximum atomic E-state index is 11.8. The molecule has 1 unspecified atom stereocenters. The van der Waals surface area contributed by atoms with Gasteiger partial charge in [-0.05, 0) is 18.9 Å². The first-order chi connectivity index (χ1) is 9.65. The number of fused-ring (bicyclic) bond motifs is 1. The van der Waals surface area contributed by atoms with Crippen molar-refractivity contribution >= 4 is 0 Å². The Kier molecular flexibility index (Phi) is 3.28. The number of nitrogens with one attached hydrogen (secondary N) is 2. The van der Waals surface area contributed by atoms with Crippen LogP contribution in [0.15, 0.2) is 39.9 Å². The summed E-state index contributed by atoms with van der Waals surface area (Å²) >= 11 is 0. The number of aromatic nitrogens is 2. The summed E-state index contributed by atoms with van der Waals surface area (Å²) in [6.45, 7) is 3.66. The van der Waals surface area contributed by atoms with Crippen molar-refractivity contribution in [3.05, 3.63) is 68.0 Å². The maximum Gasteiger partial charge on any atom is 0.325 e. The van der Waals surface area contributed by atoms with Gasteiger partial charge < -0.3 is 4.98 Å². The fourth-order valence-electron chi connectivity index (χ4n) is 2.80. The number of H-pyrrole nitrogens is 2. The van der Waals surface area contributed by atoms with Gasteiger partial charge in [-0.15, -0.1) is 0 Å². The van der Waals surface area contributed by atoms with Crippen LogP contribution in [0.4, 0.5) is 0 Å². The highest BCUT2D eigenvalue weighted by molar-refractivity contribution is 5.24. The minimum Gasteiger partial charge on any atom is -0.309 e. The Morgan fingerprint density at radius 3 is 2.70 bits per heavy atom. The van der Waals surface area contributed by atoms with E-state index in [1.807, 2.05) is 25.1 Å². The molecule has 1 aromatic carbocycles. The summed E-state index contributed by atoms with van der Waals surface area (Å²) in [6.07, 6.45) is 0.665. The third-order valence-electron chi connectivity index (χ3n) is 3.92. The lowest BCUT2D eigenvalue weighted by Crippen LogP contribution is -2.40. The molecule has 1 aromatic heterocycles. The average Bonchev–Trinajstić information content (AvgIpc) is 2.43. The van der Waals surface area contributed by atoms with Gasteiger partial charge in [-0.25, -0.2) is 4.79 Å². The van der Waals surface area contributed by atoms with E-state index in [-0.39, 0.29) is 11.6 Å². The van der Waals surface area contributed by atoms with E-state index in [2.05, 4.69) is 27.0 Å². The third kappa shape index (κ3) is 2.32. The Morgan fingerprint density at radius 2 is 1.95 bits per heavy atom. The molecule has 20 heavy (non-hydrogen) atoms. The van der Waals surface area contributed by atoms with Crippen molar-refractivity contribution in [2.45, 2.75) is 25.9 Å². The summed E-state index contributed by atoms with van der Waals surface area (Å²) in [4.78, 5) is 30.6. The molecule has 2 heterocycles. The fourth-order valence-corrected chi connectivity index (χ4v) is 2.80. The van der Waals surface area contributed by atoms with Crippen LogP contribution in [-0.4, -0.2) is 21.4 Å². The first-order valence-corrected chi connectivity index (χ1v) is 6.78. The SMILES string of the molecule is CC1c2[nH]c(=O)[nH]c(=O)c2CCN1Cc1ccccc1. The Labute approximate surface area is 116 Å². The van der Waals surface area contributed by atoms with Gasteiger partial charge in [0.25, 0.3) is 5.56 Å². The molecule has 0 bridgehead atoms. The van der Waals surface area contributed by atoms with Crippen molar-refractivity contribution in [3.8, 4) is 0 Å². The molecule has 0 saturated heterocycles. The molecule has 1 aliphatic heterocycles. The van der Waals surface area contributed by atoms with Crippen LogP contribution in [0.25, 0.3) is 0 Å². The summed E-state index contributed by atoms with van der Waals surface area (Å²) < 4.78 is 0. The van der Waals surface area contributed by atoms with Gasteiger partial charge in [-0.3, -0.25) is 14.7 Å². The van der Waals surface area contributed by atoms with Crippen LogP contribution in [0.2, 0.25) is 0 Å². The average molecular weight is 271 g/mol. The summed E-state index contributed by atoms with van der Waals surface area (Å²) in [5, 5.41) is 0. The summed E-state index contributed by atoms with van der Waals surface area (Å²) in [5.74, 6) is 0. The minimum atomic E-state index is -0.429. The molecule has 0 saturated carbocycles. The summed E-state index contributed by atoms with van der Waals surface area (Å²) in [6, 6.07) is 10.2. The molecule has 3 rings (SSSR count). The lowest BCUT2D eigenvalue weighted by molar-refractivity contribution is 0.184. The van der Waals surface area contributed by atoms with Crippen molar-refractivity contribution in [1.82, 2.24) is 14.9 Å². The number of aromatic amines is 2. The lowest BCUT2D eigenvalue weighted by Gasteiger charge is -2.34. The first kappa shape index (κ1) is 12.9. The van der Waals surface area contributed by atoms with Gasteiger partial charge >= 0.3 is 5.69 Å². The van der Waals surface area contributed by atoms with E-state index in [0.717, 1.165) is 18.8 Å². The molecule has 1 atom stereocenters. The van der Waals surface area contributed by atoms with Crippen molar-refractivity contribution in [3.63, 3.8) is 0 Å². The lowest BCUT2D eigenvalue weighted by atomic mass is 9.99. The molecule has 1 aliphatic rings. The zero-order chi connectivity index (χ0) is 14.1. The molecule has 0 aliphatic carbocycles. The maximum absolute atomic E-state index is 11.8. The Hall–Kier alpha value is -2.14. The van der Waals surface area contributed by atoms with Gasteiger partial charge in [-0.1, -0.05) is 30.3 Å². The molecule has 0 fully saturated rings. The molecule has 0 radical (unpaired) electrons. The number of nitrogens with zero attached hydrogens (tertiary/aromatic N) is 1. The topological polar surface area (TPSA) is 69.0 Å². The molecule has 104 valence electrons. The highest BCUT2D eigenvalue weighted by atomic mass is 16.2. The molecule has 2 aromatic rings. The van der Waals surface area contributed by atoms with Crippen molar-refractivity contribution < 1.29 is 0 Å². The molecule has 5 nitrogen and oxygen atoms in total. The fraction of sp³-hybridized carbons (Fsp3) is 0.333. The zero-order valence-corrected chi connectivity index (χ0v) is 11.3. The first-order valence-electron chi connectivity index (χ1n) is 6.78. The highest BCUT2D eigenvalue weighted by Gasteiger charge is 2.26. The van der Waals surface area contributed by atoms with Crippen LogP contribution in [0.1, 0.15) is 29.8 Å². The zero-order valence-electron chi connectivity index (χ0n) is 11.3. The Morgan fingerprint density at radius 1 is 1.20 bits per heavy atom. The van der Waals surface area contributed by atoms with Gasteiger partial charge in [0.2, 0.25) is 0 Å². The van der Waals surface area contributed by atoms with Crippen LogP contribution in [-0.2, 0) is 13.0 Å². The second-order valence-electron chi connectivity index (χ2n) is 5.18. The molecule has 5 heteroatoms. The third-order valence-corrected chi connectivity index (χ3v) is 3.92. The second-order valence-corrected chi connectivity index (χ2v) is 5.18. The van der Waals surface area contributed by atoms with Crippen molar-refractivity contribution in [1.29, 1.82) is 0 Å². The van der Waals surface area contributed by atoms with E-state index >= 15 is 0 Å². The van der Waals surface area contributed by atoms with Crippen molar-refractivity contribution in [2.75, 3.05) is 6.54 Å². The molecule has 0 amide bonds. The summed E-state index contributed by atoms with van der Waals surface area (Å²) in [7, 11) is 0. The van der Waals surface area contributed by atoms with E-state index in [1.54, 1.807) is 0 Å². The molecule has 2 N–H and O–H groups in total. The highest BCUT2D eigenvalue weighted by Crippen LogP contribution is 2.26. The number of benzene rings is 1. The largest absolute Gasteiger partial charge is 0.325 e. The monoisotopic (exact) mass is 271 g/mol. The van der Waals surface area contributed by atoms with E-state index in [9.17, 15) is 9.59 Å². The van der Waals surface area contributed by atoms with Crippen LogP contribution < -0.4 is 11.2 Å². The van der Waals surface area contributed by atoms with E-state index in [1.165, 1.54) is 5.56 Å².